The Labute approximate surface area is 119 Å². The zero-order valence-corrected chi connectivity index (χ0v) is 12.2. The van der Waals surface area contributed by atoms with E-state index in [1.54, 1.807) is 16.4 Å². The summed E-state index contributed by atoms with van der Waals surface area (Å²) in [5.74, 6) is 0. The van der Waals surface area contributed by atoms with Crippen molar-refractivity contribution in [1.82, 2.24) is 9.62 Å². The molecule has 1 saturated heterocycles. The van der Waals surface area contributed by atoms with Crippen LogP contribution in [-0.2, 0) is 10.0 Å². The van der Waals surface area contributed by atoms with Gasteiger partial charge >= 0.3 is 0 Å². The first-order valence-electron chi connectivity index (χ1n) is 6.84. The maximum atomic E-state index is 12.7. The standard InChI is InChI=1S/C15H18N2O2S/c1-2-17(14-10-16-11-14)20(18,19)15-8-7-12-5-3-4-6-13(12)9-15/h3-9,14,16H,2,10-11H2,1H3. The Balaban J connectivity index is 2.03. The first kappa shape index (κ1) is 13.5. The van der Waals surface area contributed by atoms with E-state index in [0.29, 0.717) is 11.4 Å². The lowest BCUT2D eigenvalue weighted by Crippen LogP contribution is -2.58. The van der Waals surface area contributed by atoms with Crippen LogP contribution in [0.3, 0.4) is 0 Å². The summed E-state index contributed by atoms with van der Waals surface area (Å²) >= 11 is 0. The van der Waals surface area contributed by atoms with E-state index in [2.05, 4.69) is 5.32 Å². The molecule has 0 spiro atoms. The topological polar surface area (TPSA) is 49.4 Å². The minimum Gasteiger partial charge on any atom is -0.313 e. The highest BCUT2D eigenvalue weighted by atomic mass is 32.2. The molecule has 1 fully saturated rings. The molecule has 2 aromatic rings. The van der Waals surface area contributed by atoms with Crippen LogP contribution in [0.5, 0.6) is 0 Å². The summed E-state index contributed by atoms with van der Waals surface area (Å²) < 4.78 is 27.1. The third-order valence-corrected chi connectivity index (χ3v) is 5.83. The fourth-order valence-corrected chi connectivity index (χ4v) is 4.23. The van der Waals surface area contributed by atoms with Gasteiger partial charge in [-0.2, -0.15) is 4.31 Å². The highest BCUT2D eigenvalue weighted by Crippen LogP contribution is 2.23. The number of fused-ring (bicyclic) bond motifs is 1. The van der Waals surface area contributed by atoms with Crippen molar-refractivity contribution < 1.29 is 8.42 Å². The largest absolute Gasteiger partial charge is 0.313 e. The van der Waals surface area contributed by atoms with Crippen LogP contribution in [0, 0.1) is 0 Å². The Morgan fingerprint density at radius 1 is 1.15 bits per heavy atom. The van der Waals surface area contributed by atoms with Gasteiger partial charge in [0, 0.05) is 25.7 Å². The molecule has 1 aliphatic heterocycles. The number of benzene rings is 2. The smallest absolute Gasteiger partial charge is 0.243 e. The summed E-state index contributed by atoms with van der Waals surface area (Å²) in [5.41, 5.74) is 0. The van der Waals surface area contributed by atoms with E-state index in [1.165, 1.54) is 0 Å². The molecule has 1 heterocycles. The second-order valence-corrected chi connectivity index (χ2v) is 6.92. The summed E-state index contributed by atoms with van der Waals surface area (Å²) in [6, 6.07) is 13.2. The maximum Gasteiger partial charge on any atom is 0.243 e. The highest BCUT2D eigenvalue weighted by molar-refractivity contribution is 7.89. The van der Waals surface area contributed by atoms with Crippen molar-refractivity contribution in [2.75, 3.05) is 19.6 Å². The zero-order valence-electron chi connectivity index (χ0n) is 11.4. The molecule has 0 amide bonds. The fraction of sp³-hybridized carbons (Fsp3) is 0.333. The minimum absolute atomic E-state index is 0.0801. The zero-order chi connectivity index (χ0) is 14.2. The maximum absolute atomic E-state index is 12.7. The van der Waals surface area contributed by atoms with Crippen LogP contribution in [0.2, 0.25) is 0 Å². The van der Waals surface area contributed by atoms with E-state index in [1.807, 2.05) is 37.3 Å². The van der Waals surface area contributed by atoms with E-state index in [4.69, 9.17) is 0 Å². The van der Waals surface area contributed by atoms with E-state index in [9.17, 15) is 8.42 Å². The molecule has 106 valence electrons. The number of likely N-dealkylation sites (N-methyl/N-ethyl adjacent to an activating group) is 1. The second-order valence-electron chi connectivity index (χ2n) is 5.03. The summed E-state index contributed by atoms with van der Waals surface area (Å²) in [6.07, 6.45) is 0. The Morgan fingerprint density at radius 2 is 1.85 bits per heavy atom. The van der Waals surface area contributed by atoms with Crippen LogP contribution in [0.4, 0.5) is 0 Å². The van der Waals surface area contributed by atoms with Crippen molar-refractivity contribution in [3.8, 4) is 0 Å². The minimum atomic E-state index is -3.41. The van der Waals surface area contributed by atoms with E-state index >= 15 is 0 Å². The first-order valence-corrected chi connectivity index (χ1v) is 8.28. The molecule has 0 aromatic heterocycles. The van der Waals surface area contributed by atoms with Gasteiger partial charge in [0.1, 0.15) is 0 Å². The molecule has 0 saturated carbocycles. The van der Waals surface area contributed by atoms with E-state index in [0.717, 1.165) is 23.9 Å². The van der Waals surface area contributed by atoms with Gasteiger partial charge in [-0.05, 0) is 22.9 Å². The Bertz CT molecular complexity index is 723. The molecule has 2 aromatic carbocycles. The van der Waals surface area contributed by atoms with Crippen molar-refractivity contribution in [3.05, 3.63) is 42.5 Å². The third kappa shape index (κ3) is 2.22. The van der Waals surface area contributed by atoms with Crippen molar-refractivity contribution in [3.63, 3.8) is 0 Å². The number of nitrogens with zero attached hydrogens (tertiary/aromatic N) is 1. The molecule has 0 bridgehead atoms. The second kappa shape index (κ2) is 5.16. The third-order valence-electron chi connectivity index (χ3n) is 3.81. The molecule has 0 radical (unpaired) electrons. The van der Waals surface area contributed by atoms with Gasteiger partial charge in [0.25, 0.3) is 0 Å². The predicted octanol–water partition coefficient (Wildman–Crippen LogP) is 1.82. The molecule has 5 heteroatoms. The molecule has 0 aliphatic carbocycles. The van der Waals surface area contributed by atoms with Crippen LogP contribution < -0.4 is 5.32 Å². The van der Waals surface area contributed by atoms with Gasteiger partial charge in [0.05, 0.1) is 4.90 Å². The number of rotatable bonds is 4. The highest BCUT2D eigenvalue weighted by Gasteiger charge is 2.33. The van der Waals surface area contributed by atoms with Crippen molar-refractivity contribution >= 4 is 20.8 Å². The first-order chi connectivity index (χ1) is 9.63. The van der Waals surface area contributed by atoms with Gasteiger partial charge < -0.3 is 5.32 Å². The van der Waals surface area contributed by atoms with Gasteiger partial charge in [-0.1, -0.05) is 37.3 Å². The number of sulfonamides is 1. The summed E-state index contributed by atoms with van der Waals surface area (Å²) in [4.78, 5) is 0.380. The molecular weight excluding hydrogens is 272 g/mol. The molecule has 3 rings (SSSR count). The quantitative estimate of drug-likeness (QED) is 0.934. The SMILES string of the molecule is CCN(C1CNC1)S(=O)(=O)c1ccc2ccccc2c1. The average molecular weight is 290 g/mol. The monoisotopic (exact) mass is 290 g/mol. The van der Waals surface area contributed by atoms with Crippen LogP contribution in [0.15, 0.2) is 47.4 Å². The van der Waals surface area contributed by atoms with Gasteiger partial charge in [0.2, 0.25) is 10.0 Å². The van der Waals surface area contributed by atoms with Gasteiger partial charge in [0.15, 0.2) is 0 Å². The lowest BCUT2D eigenvalue weighted by Gasteiger charge is -2.36. The van der Waals surface area contributed by atoms with E-state index in [-0.39, 0.29) is 6.04 Å². The average Bonchev–Trinajstić information content (AvgIpc) is 2.41. The molecule has 4 nitrogen and oxygen atoms in total. The Kier molecular flexibility index (Phi) is 3.50. The summed E-state index contributed by atoms with van der Waals surface area (Å²) in [6.45, 7) is 3.86. The van der Waals surface area contributed by atoms with Crippen LogP contribution in [0.1, 0.15) is 6.92 Å². The molecule has 1 N–H and O–H groups in total. The number of hydrogen-bond acceptors (Lipinski definition) is 3. The van der Waals surface area contributed by atoms with E-state index < -0.39 is 10.0 Å². The van der Waals surface area contributed by atoms with Crippen molar-refractivity contribution in [2.24, 2.45) is 0 Å². The molecule has 20 heavy (non-hydrogen) atoms. The number of nitrogens with one attached hydrogen (secondary N) is 1. The van der Waals surface area contributed by atoms with Crippen molar-refractivity contribution in [2.45, 2.75) is 17.9 Å². The fourth-order valence-electron chi connectivity index (χ4n) is 2.56. The van der Waals surface area contributed by atoms with Gasteiger partial charge in [-0.15, -0.1) is 0 Å². The van der Waals surface area contributed by atoms with Gasteiger partial charge in [-0.3, -0.25) is 0 Å². The van der Waals surface area contributed by atoms with Crippen molar-refractivity contribution in [1.29, 1.82) is 0 Å². The predicted molar refractivity (Wildman–Crippen MR) is 80.2 cm³/mol. The Hall–Kier alpha value is -1.43. The van der Waals surface area contributed by atoms with Crippen LogP contribution in [-0.4, -0.2) is 38.4 Å². The summed E-state index contributed by atoms with van der Waals surface area (Å²) in [7, 11) is -3.41. The summed E-state index contributed by atoms with van der Waals surface area (Å²) in [5, 5.41) is 5.13. The number of hydrogen-bond donors (Lipinski definition) is 1. The lowest BCUT2D eigenvalue weighted by atomic mass is 10.1. The Morgan fingerprint density at radius 3 is 2.45 bits per heavy atom. The lowest BCUT2D eigenvalue weighted by molar-refractivity contribution is 0.249. The molecule has 0 unspecified atom stereocenters. The molecular formula is C15H18N2O2S. The molecule has 0 atom stereocenters. The van der Waals surface area contributed by atoms with Gasteiger partial charge in [-0.25, -0.2) is 8.42 Å². The van der Waals surface area contributed by atoms with Crippen LogP contribution in [0.25, 0.3) is 10.8 Å². The molecule has 1 aliphatic rings. The normalized spacial score (nSPS) is 16.5. The van der Waals surface area contributed by atoms with Crippen LogP contribution >= 0.6 is 0 Å².